The number of hydrogen-bond acceptors (Lipinski definition) is 1. The molecular weight excluding hydrogens is 178 g/mol. The number of rotatable bonds is 6. The molecule has 1 N–H and O–H groups in total. The van der Waals surface area contributed by atoms with Crippen LogP contribution in [-0.4, -0.2) is 11.5 Å². The van der Waals surface area contributed by atoms with Gasteiger partial charge in [-0.15, -0.1) is 6.58 Å². The molecule has 0 saturated carbocycles. The number of hydrogen-bond donors (Lipinski definition) is 1. The van der Waals surface area contributed by atoms with E-state index in [-0.39, 0.29) is 5.41 Å². The van der Waals surface area contributed by atoms with E-state index in [0.717, 1.165) is 30.8 Å². The molecule has 0 unspecified atom stereocenters. The first-order valence-corrected chi connectivity index (χ1v) is 5.46. The normalized spacial score (nSPS) is 11.0. The first-order valence-electron chi connectivity index (χ1n) is 5.06. The van der Waals surface area contributed by atoms with Crippen LogP contribution >= 0.6 is 12.2 Å². The number of nitrogens with one attached hydrogen (secondary N) is 1. The van der Waals surface area contributed by atoms with Gasteiger partial charge in [0.15, 0.2) is 0 Å². The molecule has 0 aliphatic heterocycles. The largest absolute Gasteiger partial charge is 0.376 e. The Morgan fingerprint density at radius 3 is 2.08 bits per heavy atom. The molecule has 0 aliphatic rings. The second-order valence-electron chi connectivity index (χ2n) is 3.34. The zero-order valence-corrected chi connectivity index (χ0v) is 9.84. The first-order chi connectivity index (χ1) is 6.16. The minimum atomic E-state index is 0.207. The summed E-state index contributed by atoms with van der Waals surface area (Å²) in [6.07, 6.45) is 5.19. The zero-order chi connectivity index (χ0) is 10.3. The van der Waals surface area contributed by atoms with Crippen LogP contribution in [0.15, 0.2) is 12.7 Å². The summed E-state index contributed by atoms with van der Waals surface area (Å²) in [6.45, 7) is 11.1. The van der Waals surface area contributed by atoms with E-state index in [1.807, 2.05) is 6.08 Å². The molecule has 0 spiro atoms. The van der Waals surface area contributed by atoms with E-state index in [2.05, 4.69) is 32.7 Å². The van der Waals surface area contributed by atoms with Crippen molar-refractivity contribution in [1.29, 1.82) is 0 Å². The molecule has 13 heavy (non-hydrogen) atoms. The molecule has 0 atom stereocenters. The Kier molecular flexibility index (Phi) is 5.97. The molecule has 2 heteroatoms. The van der Waals surface area contributed by atoms with Crippen molar-refractivity contribution in [2.24, 2.45) is 5.41 Å². The molecule has 0 amide bonds. The van der Waals surface area contributed by atoms with Gasteiger partial charge in [0.1, 0.15) is 0 Å². The fourth-order valence-corrected chi connectivity index (χ4v) is 2.10. The average molecular weight is 199 g/mol. The molecule has 0 aromatic heterocycles. The number of thiocarbonyl (C=S) groups is 1. The monoisotopic (exact) mass is 199 g/mol. The molecule has 0 saturated heterocycles. The van der Waals surface area contributed by atoms with Crippen LogP contribution in [0.25, 0.3) is 0 Å². The van der Waals surface area contributed by atoms with Crippen LogP contribution in [0.4, 0.5) is 0 Å². The van der Waals surface area contributed by atoms with Crippen molar-refractivity contribution in [1.82, 2.24) is 5.32 Å². The molecule has 0 aromatic carbocycles. The zero-order valence-electron chi connectivity index (χ0n) is 9.02. The first kappa shape index (κ1) is 12.6. The van der Waals surface area contributed by atoms with Gasteiger partial charge in [0.2, 0.25) is 0 Å². The van der Waals surface area contributed by atoms with E-state index in [4.69, 9.17) is 12.2 Å². The summed E-state index contributed by atoms with van der Waals surface area (Å²) in [6, 6.07) is 0. The summed E-state index contributed by atoms with van der Waals surface area (Å²) < 4.78 is 0. The molecule has 76 valence electrons. The second kappa shape index (κ2) is 6.14. The van der Waals surface area contributed by atoms with Gasteiger partial charge in [0.05, 0.1) is 4.99 Å². The maximum Gasteiger partial charge on any atom is 0.0818 e. The van der Waals surface area contributed by atoms with E-state index in [9.17, 15) is 0 Å². The molecule has 0 bridgehead atoms. The van der Waals surface area contributed by atoms with Crippen molar-refractivity contribution in [3.63, 3.8) is 0 Å². The fraction of sp³-hybridized carbons (Fsp3) is 0.727. The summed E-state index contributed by atoms with van der Waals surface area (Å²) in [7, 11) is 0. The standard InChI is InChI=1S/C11H21NS/c1-5-9-12-10(13)11(6-2,7-3)8-4/h5H,1,6-9H2,2-4H3,(H,12,13). The van der Waals surface area contributed by atoms with Crippen LogP contribution < -0.4 is 5.32 Å². The van der Waals surface area contributed by atoms with Gasteiger partial charge in [-0.25, -0.2) is 0 Å². The maximum atomic E-state index is 5.39. The lowest BCUT2D eigenvalue weighted by molar-refractivity contribution is 0.370. The Morgan fingerprint density at radius 1 is 1.31 bits per heavy atom. The quantitative estimate of drug-likeness (QED) is 0.520. The Hall–Kier alpha value is -0.370. The molecule has 1 nitrogen and oxygen atoms in total. The predicted octanol–water partition coefficient (Wildman–Crippen LogP) is 3.31. The van der Waals surface area contributed by atoms with Gasteiger partial charge in [0, 0.05) is 12.0 Å². The fourth-order valence-electron chi connectivity index (χ4n) is 1.58. The van der Waals surface area contributed by atoms with Gasteiger partial charge in [-0.2, -0.15) is 0 Å². The topological polar surface area (TPSA) is 12.0 Å². The summed E-state index contributed by atoms with van der Waals surface area (Å²) in [5, 5.41) is 3.24. The Labute approximate surface area is 87.6 Å². The molecule has 0 rings (SSSR count). The Balaban J connectivity index is 4.34. The Bertz CT molecular complexity index is 163. The third kappa shape index (κ3) is 3.11. The van der Waals surface area contributed by atoms with Crippen molar-refractivity contribution in [2.75, 3.05) is 6.54 Å². The highest BCUT2D eigenvalue weighted by molar-refractivity contribution is 7.80. The lowest BCUT2D eigenvalue weighted by Gasteiger charge is -2.31. The van der Waals surface area contributed by atoms with Crippen molar-refractivity contribution in [3.05, 3.63) is 12.7 Å². The highest BCUT2D eigenvalue weighted by Gasteiger charge is 2.28. The van der Waals surface area contributed by atoms with E-state index in [0.29, 0.717) is 0 Å². The van der Waals surface area contributed by atoms with Crippen molar-refractivity contribution in [3.8, 4) is 0 Å². The van der Waals surface area contributed by atoms with Crippen LogP contribution in [0.3, 0.4) is 0 Å². The van der Waals surface area contributed by atoms with Crippen LogP contribution in [0, 0.1) is 5.41 Å². The highest BCUT2D eigenvalue weighted by Crippen LogP contribution is 2.31. The SMILES string of the molecule is C=CCNC(=S)C(CC)(CC)CC. The third-order valence-corrected chi connectivity index (χ3v) is 3.50. The van der Waals surface area contributed by atoms with Crippen molar-refractivity contribution in [2.45, 2.75) is 40.0 Å². The molecule has 0 aliphatic carbocycles. The van der Waals surface area contributed by atoms with Crippen LogP contribution in [0.2, 0.25) is 0 Å². The van der Waals surface area contributed by atoms with Gasteiger partial charge in [-0.1, -0.05) is 39.1 Å². The van der Waals surface area contributed by atoms with Crippen molar-refractivity contribution < 1.29 is 0 Å². The van der Waals surface area contributed by atoms with E-state index >= 15 is 0 Å². The Morgan fingerprint density at radius 2 is 1.77 bits per heavy atom. The molecule has 0 radical (unpaired) electrons. The minimum Gasteiger partial charge on any atom is -0.376 e. The van der Waals surface area contributed by atoms with Gasteiger partial charge in [0.25, 0.3) is 0 Å². The van der Waals surface area contributed by atoms with Crippen molar-refractivity contribution >= 4 is 17.2 Å². The predicted molar refractivity (Wildman–Crippen MR) is 64.1 cm³/mol. The molecule has 0 heterocycles. The summed E-state index contributed by atoms with van der Waals surface area (Å²) in [5.74, 6) is 0. The smallest absolute Gasteiger partial charge is 0.0818 e. The third-order valence-electron chi connectivity index (χ3n) is 2.92. The van der Waals surface area contributed by atoms with Crippen LogP contribution in [0.5, 0.6) is 0 Å². The lowest BCUT2D eigenvalue weighted by Crippen LogP contribution is -2.38. The van der Waals surface area contributed by atoms with Gasteiger partial charge in [-0.05, 0) is 19.3 Å². The average Bonchev–Trinajstić information content (AvgIpc) is 2.18. The second-order valence-corrected chi connectivity index (χ2v) is 3.75. The van der Waals surface area contributed by atoms with Gasteiger partial charge < -0.3 is 5.32 Å². The highest BCUT2D eigenvalue weighted by atomic mass is 32.1. The van der Waals surface area contributed by atoms with Crippen LogP contribution in [-0.2, 0) is 0 Å². The molecule has 0 fully saturated rings. The lowest BCUT2D eigenvalue weighted by atomic mass is 9.79. The molecular formula is C11H21NS. The maximum absolute atomic E-state index is 5.39. The van der Waals surface area contributed by atoms with E-state index in [1.54, 1.807) is 0 Å². The van der Waals surface area contributed by atoms with Gasteiger partial charge >= 0.3 is 0 Å². The van der Waals surface area contributed by atoms with E-state index in [1.165, 1.54) is 0 Å². The minimum absolute atomic E-state index is 0.207. The molecule has 0 aromatic rings. The summed E-state index contributed by atoms with van der Waals surface area (Å²) in [5.41, 5.74) is 0.207. The van der Waals surface area contributed by atoms with E-state index < -0.39 is 0 Å². The summed E-state index contributed by atoms with van der Waals surface area (Å²) in [4.78, 5) is 1.000. The summed E-state index contributed by atoms with van der Waals surface area (Å²) >= 11 is 5.39. The van der Waals surface area contributed by atoms with Gasteiger partial charge in [-0.3, -0.25) is 0 Å². The van der Waals surface area contributed by atoms with Crippen LogP contribution in [0.1, 0.15) is 40.0 Å².